The lowest BCUT2D eigenvalue weighted by Gasteiger charge is -2.27. The van der Waals surface area contributed by atoms with Crippen LogP contribution in [0.5, 0.6) is 0 Å². The summed E-state index contributed by atoms with van der Waals surface area (Å²) in [4.78, 5) is 10.4. The topological polar surface area (TPSA) is 41.1 Å². The van der Waals surface area contributed by atoms with Gasteiger partial charge in [0.1, 0.15) is 5.82 Å². The summed E-state index contributed by atoms with van der Waals surface area (Å²) in [6.07, 6.45) is 4.96. The zero-order valence-electron chi connectivity index (χ0n) is 11.8. The molecule has 1 saturated heterocycles. The molecule has 2 aromatic rings. The lowest BCUT2D eigenvalue weighted by Crippen LogP contribution is -2.30. The van der Waals surface area contributed by atoms with Crippen molar-refractivity contribution in [2.45, 2.75) is 19.3 Å². The monoisotopic (exact) mass is 308 g/mol. The molecule has 3 rings (SSSR count). The smallest absolute Gasteiger partial charge is 0.229 e. The number of hydrogen-bond acceptors (Lipinski definition) is 4. The average Bonchev–Trinajstić information content (AvgIpc) is 2.57. The number of aromatic nitrogens is 2. The number of rotatable bonds is 3. The Morgan fingerprint density at radius 1 is 0.955 bits per heavy atom. The van der Waals surface area contributed by atoms with Crippen molar-refractivity contribution in [1.29, 1.82) is 0 Å². The van der Waals surface area contributed by atoms with E-state index in [-0.39, 0.29) is 11.6 Å². The molecule has 0 aliphatic carbocycles. The molecule has 1 aromatic carbocycles. The Hall–Kier alpha value is -2.31. The van der Waals surface area contributed by atoms with Gasteiger partial charge in [0.05, 0.1) is 5.69 Å². The molecule has 1 aliphatic rings. The lowest BCUT2D eigenvalue weighted by molar-refractivity contribution is 0.449. The Morgan fingerprint density at radius 2 is 1.73 bits per heavy atom. The molecule has 0 saturated carbocycles. The van der Waals surface area contributed by atoms with Crippen LogP contribution in [0.1, 0.15) is 19.3 Å². The third-order valence-electron chi connectivity index (χ3n) is 3.60. The second kappa shape index (κ2) is 6.21. The van der Waals surface area contributed by atoms with Gasteiger partial charge in [-0.3, -0.25) is 0 Å². The highest BCUT2D eigenvalue weighted by molar-refractivity contribution is 5.56. The van der Waals surface area contributed by atoms with E-state index < -0.39 is 17.5 Å². The zero-order chi connectivity index (χ0) is 15.5. The molecule has 0 atom stereocenters. The van der Waals surface area contributed by atoms with E-state index in [1.807, 2.05) is 0 Å². The van der Waals surface area contributed by atoms with Crippen LogP contribution in [0, 0.1) is 17.5 Å². The number of nitrogens with zero attached hydrogens (tertiary/aromatic N) is 3. The van der Waals surface area contributed by atoms with Crippen LogP contribution in [-0.2, 0) is 0 Å². The Kier molecular flexibility index (Phi) is 4.13. The van der Waals surface area contributed by atoms with Crippen molar-refractivity contribution in [2.24, 2.45) is 0 Å². The summed E-state index contributed by atoms with van der Waals surface area (Å²) in [7, 11) is 0. The van der Waals surface area contributed by atoms with Crippen molar-refractivity contribution in [2.75, 3.05) is 23.3 Å². The fourth-order valence-corrected chi connectivity index (χ4v) is 2.45. The van der Waals surface area contributed by atoms with Gasteiger partial charge in [0, 0.05) is 19.3 Å². The first-order valence-corrected chi connectivity index (χ1v) is 7.13. The van der Waals surface area contributed by atoms with Crippen LogP contribution < -0.4 is 10.2 Å². The first-order chi connectivity index (χ1) is 10.6. The van der Waals surface area contributed by atoms with Crippen LogP contribution in [0.3, 0.4) is 0 Å². The predicted octanol–water partition coefficient (Wildman–Crippen LogP) is 3.63. The third kappa shape index (κ3) is 2.98. The molecule has 4 nitrogen and oxygen atoms in total. The normalized spacial score (nSPS) is 15.0. The van der Waals surface area contributed by atoms with Gasteiger partial charge in [-0.1, -0.05) is 0 Å². The molecule has 0 bridgehead atoms. The number of hydrogen-bond donors (Lipinski definition) is 1. The van der Waals surface area contributed by atoms with Crippen LogP contribution in [0.15, 0.2) is 24.4 Å². The number of anilines is 3. The maximum Gasteiger partial charge on any atom is 0.229 e. The molecule has 1 aromatic heterocycles. The van der Waals surface area contributed by atoms with E-state index in [2.05, 4.69) is 20.2 Å². The van der Waals surface area contributed by atoms with Crippen molar-refractivity contribution >= 4 is 17.5 Å². The highest BCUT2D eigenvalue weighted by atomic mass is 19.2. The van der Waals surface area contributed by atoms with E-state index in [1.165, 1.54) is 6.42 Å². The van der Waals surface area contributed by atoms with E-state index in [0.717, 1.165) is 43.9 Å². The second-order valence-corrected chi connectivity index (χ2v) is 5.13. The van der Waals surface area contributed by atoms with Gasteiger partial charge in [-0.05, 0) is 37.5 Å². The molecule has 116 valence electrons. The zero-order valence-corrected chi connectivity index (χ0v) is 11.8. The van der Waals surface area contributed by atoms with Crippen LogP contribution in [0.25, 0.3) is 0 Å². The van der Waals surface area contributed by atoms with Gasteiger partial charge >= 0.3 is 0 Å². The van der Waals surface area contributed by atoms with Gasteiger partial charge < -0.3 is 10.2 Å². The van der Waals surface area contributed by atoms with Gasteiger partial charge in [-0.25, -0.2) is 18.2 Å². The minimum Gasteiger partial charge on any atom is -0.356 e. The fourth-order valence-electron chi connectivity index (χ4n) is 2.45. The van der Waals surface area contributed by atoms with Crippen LogP contribution in [0.2, 0.25) is 0 Å². The summed E-state index contributed by atoms with van der Waals surface area (Å²) in [5, 5.41) is 2.59. The minimum atomic E-state index is -1.52. The van der Waals surface area contributed by atoms with Gasteiger partial charge in [-0.2, -0.15) is 4.98 Å². The van der Waals surface area contributed by atoms with Crippen molar-refractivity contribution in [1.82, 2.24) is 9.97 Å². The molecule has 7 heteroatoms. The number of benzene rings is 1. The SMILES string of the molecule is Fc1ccc(Nc2nccc(N3CCCCC3)n2)c(F)c1F. The Labute approximate surface area is 126 Å². The lowest BCUT2D eigenvalue weighted by atomic mass is 10.1. The van der Waals surface area contributed by atoms with Crippen molar-refractivity contribution < 1.29 is 13.2 Å². The number of nitrogens with one attached hydrogen (secondary N) is 1. The molecule has 1 N–H and O–H groups in total. The molecule has 0 amide bonds. The van der Waals surface area contributed by atoms with Gasteiger partial charge in [0.2, 0.25) is 5.95 Å². The highest BCUT2D eigenvalue weighted by Gasteiger charge is 2.16. The van der Waals surface area contributed by atoms with Gasteiger partial charge in [0.25, 0.3) is 0 Å². The molecule has 1 fully saturated rings. The molecule has 0 spiro atoms. The van der Waals surface area contributed by atoms with Crippen LogP contribution in [-0.4, -0.2) is 23.1 Å². The highest BCUT2D eigenvalue weighted by Crippen LogP contribution is 2.23. The summed E-state index contributed by atoms with van der Waals surface area (Å²) < 4.78 is 39.8. The summed E-state index contributed by atoms with van der Waals surface area (Å²) in [6.45, 7) is 1.83. The third-order valence-corrected chi connectivity index (χ3v) is 3.60. The molecule has 0 radical (unpaired) electrons. The minimum absolute atomic E-state index is 0.146. The van der Waals surface area contributed by atoms with E-state index >= 15 is 0 Å². The van der Waals surface area contributed by atoms with E-state index in [9.17, 15) is 13.2 Å². The molecule has 2 heterocycles. The molecular formula is C15H15F3N4. The largest absolute Gasteiger partial charge is 0.356 e. The molecule has 22 heavy (non-hydrogen) atoms. The number of piperidine rings is 1. The van der Waals surface area contributed by atoms with E-state index in [4.69, 9.17) is 0 Å². The maximum absolute atomic E-state index is 13.7. The van der Waals surface area contributed by atoms with Gasteiger partial charge in [-0.15, -0.1) is 0 Å². The van der Waals surface area contributed by atoms with Gasteiger partial charge in [0.15, 0.2) is 17.5 Å². The summed E-state index contributed by atoms with van der Waals surface area (Å²) in [5.41, 5.74) is -0.199. The summed E-state index contributed by atoms with van der Waals surface area (Å²) in [6, 6.07) is 3.75. The molecular weight excluding hydrogens is 293 g/mol. The van der Waals surface area contributed by atoms with Crippen molar-refractivity contribution in [3.8, 4) is 0 Å². The quantitative estimate of drug-likeness (QED) is 0.879. The summed E-state index contributed by atoms with van der Waals surface area (Å²) in [5.74, 6) is -3.15. The Bertz CT molecular complexity index is 672. The van der Waals surface area contributed by atoms with Crippen molar-refractivity contribution in [3.05, 3.63) is 41.8 Å². The maximum atomic E-state index is 13.7. The second-order valence-electron chi connectivity index (χ2n) is 5.13. The average molecular weight is 308 g/mol. The standard InChI is InChI=1S/C15H15F3N4/c16-10-4-5-11(14(18)13(10)17)20-15-19-7-6-12(21-15)22-8-2-1-3-9-22/h4-7H,1-3,8-9H2,(H,19,20,21). The van der Waals surface area contributed by atoms with E-state index in [1.54, 1.807) is 12.3 Å². The molecule has 1 aliphatic heterocycles. The van der Waals surface area contributed by atoms with Crippen LogP contribution >= 0.6 is 0 Å². The van der Waals surface area contributed by atoms with Crippen molar-refractivity contribution in [3.63, 3.8) is 0 Å². The Morgan fingerprint density at radius 3 is 2.50 bits per heavy atom. The van der Waals surface area contributed by atoms with Crippen LogP contribution in [0.4, 0.5) is 30.6 Å². The first-order valence-electron chi connectivity index (χ1n) is 7.13. The first kappa shape index (κ1) is 14.6. The Balaban J connectivity index is 1.82. The number of halogens is 3. The van der Waals surface area contributed by atoms with E-state index in [0.29, 0.717) is 0 Å². The molecule has 0 unspecified atom stereocenters. The summed E-state index contributed by atoms with van der Waals surface area (Å²) >= 11 is 0. The fraction of sp³-hybridized carbons (Fsp3) is 0.333. The predicted molar refractivity (Wildman–Crippen MR) is 77.7 cm³/mol.